The van der Waals surface area contributed by atoms with Gasteiger partial charge in [0.1, 0.15) is 0 Å². The fourth-order valence-corrected chi connectivity index (χ4v) is 13.6. The summed E-state index contributed by atoms with van der Waals surface area (Å²) in [7, 11) is 0. The van der Waals surface area contributed by atoms with Crippen LogP contribution in [0.4, 0.5) is 51.2 Å². The highest BCUT2D eigenvalue weighted by atomic mass is 32.1. The van der Waals surface area contributed by atoms with Gasteiger partial charge in [0.05, 0.1) is 22.7 Å². The second-order valence-electron chi connectivity index (χ2n) is 22.7. The number of fused-ring (bicyclic) bond motifs is 4. The molecule has 0 radical (unpaired) electrons. The topological polar surface area (TPSA) is 9.72 Å². The lowest BCUT2D eigenvalue weighted by Gasteiger charge is -2.33. The Morgan fingerprint density at radius 2 is 0.534 bits per heavy atom. The Bertz CT molecular complexity index is 4760. The van der Waals surface area contributed by atoms with Gasteiger partial charge in [0, 0.05) is 54.0 Å². The largest absolute Gasteiger partial charge is 0.310 e. The predicted octanol–water partition coefficient (Wildman–Crippen LogP) is 24.6. The van der Waals surface area contributed by atoms with Gasteiger partial charge in [-0.3, -0.25) is 0 Å². The van der Waals surface area contributed by atoms with E-state index in [1.54, 1.807) is 0 Å². The van der Waals surface area contributed by atoms with Gasteiger partial charge < -0.3 is 14.7 Å². The predicted molar refractivity (Wildman–Crippen MR) is 378 cm³/mol. The summed E-state index contributed by atoms with van der Waals surface area (Å²) in [6.45, 7) is 4.32. The molecule has 0 spiro atoms. The third-order valence-corrected chi connectivity index (χ3v) is 18.1. The third-order valence-electron chi connectivity index (χ3n) is 16.9. The highest BCUT2D eigenvalue weighted by Gasteiger charge is 2.24. The molecule has 0 fully saturated rings. The van der Waals surface area contributed by atoms with E-state index in [4.69, 9.17) is 0 Å². The molecule has 0 saturated carbocycles. The van der Waals surface area contributed by atoms with E-state index in [9.17, 15) is 0 Å². The van der Waals surface area contributed by atoms with E-state index in [-0.39, 0.29) is 0 Å². The van der Waals surface area contributed by atoms with Crippen LogP contribution in [0.3, 0.4) is 0 Å². The Hall–Kier alpha value is -11.0. The van der Waals surface area contributed by atoms with E-state index in [1.807, 2.05) is 11.3 Å². The van der Waals surface area contributed by atoms with Crippen LogP contribution in [-0.2, 0) is 0 Å². The van der Waals surface area contributed by atoms with Gasteiger partial charge in [-0.15, -0.1) is 11.3 Å². The molecule has 0 N–H and O–H groups in total. The minimum absolute atomic E-state index is 0.990. The number of benzene rings is 14. The summed E-state index contributed by atoms with van der Waals surface area (Å²) in [5.74, 6) is 0. The van der Waals surface area contributed by atoms with E-state index < -0.39 is 0 Å². The van der Waals surface area contributed by atoms with Gasteiger partial charge >= 0.3 is 0 Å². The lowest BCUT2D eigenvalue weighted by molar-refractivity contribution is 1.23. The molecular formula is C84H61N3S. The molecule has 418 valence electrons. The van der Waals surface area contributed by atoms with Crippen LogP contribution in [0.25, 0.3) is 86.6 Å². The molecule has 0 aliphatic carbocycles. The van der Waals surface area contributed by atoms with Crippen molar-refractivity contribution in [3.8, 4) is 55.6 Å². The van der Waals surface area contributed by atoms with Crippen LogP contribution in [0.1, 0.15) is 11.1 Å². The van der Waals surface area contributed by atoms with Crippen molar-refractivity contribution in [2.24, 2.45) is 0 Å². The highest BCUT2D eigenvalue weighted by Crippen LogP contribution is 2.49. The van der Waals surface area contributed by atoms with Crippen LogP contribution < -0.4 is 14.7 Å². The first-order chi connectivity index (χ1) is 43.4. The van der Waals surface area contributed by atoms with Crippen LogP contribution in [0.2, 0.25) is 0 Å². The zero-order valence-electron chi connectivity index (χ0n) is 49.0. The first-order valence-electron chi connectivity index (χ1n) is 30.1. The molecule has 0 atom stereocenters. The number of rotatable bonds is 14. The van der Waals surface area contributed by atoms with Crippen molar-refractivity contribution in [2.75, 3.05) is 14.7 Å². The Morgan fingerprint density at radius 1 is 0.205 bits per heavy atom. The van der Waals surface area contributed by atoms with E-state index >= 15 is 0 Å². The first kappa shape index (κ1) is 53.7. The van der Waals surface area contributed by atoms with Gasteiger partial charge in [-0.2, -0.15) is 0 Å². The summed E-state index contributed by atoms with van der Waals surface area (Å²) in [5.41, 5.74) is 23.4. The van der Waals surface area contributed by atoms with Crippen LogP contribution in [0, 0.1) is 13.8 Å². The minimum atomic E-state index is 0.990. The average Bonchev–Trinajstić information content (AvgIpc) is 1.40. The maximum atomic E-state index is 2.46. The number of nitrogens with zero attached hydrogens (tertiary/aromatic N) is 3. The minimum Gasteiger partial charge on any atom is -0.310 e. The normalized spacial score (nSPS) is 11.3. The second kappa shape index (κ2) is 23.4. The number of thiophene rings is 1. The van der Waals surface area contributed by atoms with Crippen LogP contribution in [0.5, 0.6) is 0 Å². The molecule has 15 aromatic rings. The summed E-state index contributed by atoms with van der Waals surface area (Å²) in [4.78, 5) is 7.31. The molecule has 0 unspecified atom stereocenters. The number of anilines is 9. The highest BCUT2D eigenvalue weighted by molar-refractivity contribution is 7.25. The average molecular weight is 1140 g/mol. The Kier molecular flexibility index (Phi) is 14.3. The zero-order chi connectivity index (χ0) is 58.9. The van der Waals surface area contributed by atoms with Gasteiger partial charge in [0.25, 0.3) is 0 Å². The van der Waals surface area contributed by atoms with Gasteiger partial charge in [-0.05, 0) is 178 Å². The van der Waals surface area contributed by atoms with Crippen molar-refractivity contribution in [2.45, 2.75) is 13.8 Å². The van der Waals surface area contributed by atoms with E-state index in [2.05, 4.69) is 362 Å². The Morgan fingerprint density at radius 3 is 1.01 bits per heavy atom. The lowest BCUT2D eigenvalue weighted by atomic mass is 10.0. The second-order valence-corrected chi connectivity index (χ2v) is 23.8. The maximum Gasteiger partial charge on any atom is 0.0540 e. The molecule has 1 aromatic heterocycles. The quantitative estimate of drug-likeness (QED) is 0.107. The van der Waals surface area contributed by atoms with Crippen molar-refractivity contribution >= 4 is 93.5 Å². The van der Waals surface area contributed by atoms with Gasteiger partial charge in [-0.25, -0.2) is 0 Å². The summed E-state index contributed by atoms with van der Waals surface area (Å²) in [6, 6.07) is 122. The van der Waals surface area contributed by atoms with Crippen molar-refractivity contribution in [3.05, 3.63) is 345 Å². The van der Waals surface area contributed by atoms with Crippen molar-refractivity contribution in [1.29, 1.82) is 0 Å². The SMILES string of the molecule is Cc1cccc(-c2ccc(N(c3ccc(-c4ccccc4)cc3)c3cc(N(c4ccc(-c5ccccc5)cc4)c4ccc(-c5cccc(C)c5)cc4)cc(N(c4ccc(-c5ccc6sc7ccccc7c6c5)cc4)c4cccc5ccccc45)c3)cc2)c1. The summed E-state index contributed by atoms with van der Waals surface area (Å²) in [5, 5.41) is 4.90. The first-order valence-corrected chi connectivity index (χ1v) is 30.9. The lowest BCUT2D eigenvalue weighted by Crippen LogP contribution is -2.16. The van der Waals surface area contributed by atoms with E-state index in [0.717, 1.165) is 89.8 Å². The van der Waals surface area contributed by atoms with Crippen molar-refractivity contribution in [1.82, 2.24) is 0 Å². The molecule has 0 bridgehead atoms. The molecule has 0 amide bonds. The van der Waals surface area contributed by atoms with Gasteiger partial charge in [0.15, 0.2) is 0 Å². The molecule has 14 aromatic carbocycles. The zero-order valence-corrected chi connectivity index (χ0v) is 49.8. The van der Waals surface area contributed by atoms with Crippen LogP contribution in [0.15, 0.2) is 334 Å². The van der Waals surface area contributed by atoms with Crippen LogP contribution >= 0.6 is 11.3 Å². The molecule has 0 aliphatic rings. The fourth-order valence-electron chi connectivity index (χ4n) is 12.5. The van der Waals surface area contributed by atoms with Crippen molar-refractivity contribution < 1.29 is 0 Å². The van der Waals surface area contributed by atoms with Crippen LogP contribution in [-0.4, -0.2) is 0 Å². The monoisotopic (exact) mass is 1140 g/mol. The smallest absolute Gasteiger partial charge is 0.0540 e. The molecular weight excluding hydrogens is 1080 g/mol. The Balaban J connectivity index is 0.967. The molecule has 4 heteroatoms. The fraction of sp³-hybridized carbons (Fsp3) is 0.0238. The van der Waals surface area contributed by atoms with E-state index in [0.29, 0.717) is 0 Å². The number of hydrogen-bond donors (Lipinski definition) is 0. The number of aryl methyl sites for hydroxylation is 2. The maximum absolute atomic E-state index is 2.46. The molecule has 1 heterocycles. The Labute approximate surface area is 519 Å². The summed E-state index contributed by atoms with van der Waals surface area (Å²) < 4.78 is 2.60. The van der Waals surface area contributed by atoms with Crippen molar-refractivity contribution in [3.63, 3.8) is 0 Å². The van der Waals surface area contributed by atoms with Gasteiger partial charge in [0.2, 0.25) is 0 Å². The molecule has 0 saturated heterocycles. The third kappa shape index (κ3) is 10.7. The number of hydrogen-bond acceptors (Lipinski definition) is 4. The molecule has 3 nitrogen and oxygen atoms in total. The molecule has 0 aliphatic heterocycles. The van der Waals surface area contributed by atoms with E-state index in [1.165, 1.54) is 59.1 Å². The van der Waals surface area contributed by atoms with Gasteiger partial charge in [-0.1, -0.05) is 242 Å². The summed E-state index contributed by atoms with van der Waals surface area (Å²) >= 11 is 1.85. The molecule has 15 rings (SSSR count). The molecule has 88 heavy (non-hydrogen) atoms. The standard InChI is InChI=1S/C84H61N3S/c1-58-16-13-24-68(52-58)64-34-45-73(46-35-64)85(71-41-30-62(31-42-71)60-18-5-3-6-19-60)76-55-77(86(72-43-32-63(33-44-72)61-20-7-4-8-21-61)74-47-36-65(37-48-74)69-25-14-17-59(2)53-69)57-78(56-76)87(82-28-15-23-67-22-9-10-26-79(67)82)75-49-38-66(39-50-75)70-40-51-84-81(54-70)80-27-11-12-29-83(80)88-84/h3-57H,1-2H3. The summed E-state index contributed by atoms with van der Waals surface area (Å²) in [6.07, 6.45) is 0.